The van der Waals surface area contributed by atoms with Crippen LogP contribution in [-0.2, 0) is 47.0 Å². The second-order valence-corrected chi connectivity index (χ2v) is 13.9. The molecule has 3 aromatic carbocycles. The van der Waals surface area contributed by atoms with E-state index in [4.69, 9.17) is 39.8 Å². The molecule has 264 valence electrons. The number of carbonyl (C=O) groups is 3. The zero-order chi connectivity index (χ0) is 35.9. The van der Waals surface area contributed by atoms with Crippen molar-refractivity contribution in [1.82, 2.24) is 24.9 Å². The summed E-state index contributed by atoms with van der Waals surface area (Å²) in [4.78, 5) is 39.8. The molecular weight excluding hydrogens is 685 g/mol. The second-order valence-electron chi connectivity index (χ2n) is 13.1. The zero-order valence-corrected chi connectivity index (χ0v) is 29.8. The third kappa shape index (κ3) is 9.18. The van der Waals surface area contributed by atoms with Gasteiger partial charge in [0.2, 0.25) is 5.91 Å². The van der Waals surface area contributed by atoms with Crippen LogP contribution in [0.4, 0.5) is 0 Å². The molecular formula is C39H41Cl2N7O3. The van der Waals surface area contributed by atoms with Gasteiger partial charge in [-0.15, -0.1) is 0 Å². The van der Waals surface area contributed by atoms with Gasteiger partial charge in [0.1, 0.15) is 0 Å². The van der Waals surface area contributed by atoms with Crippen LogP contribution in [0.2, 0.25) is 10.0 Å². The topological polar surface area (TPSA) is 140 Å². The Morgan fingerprint density at radius 3 is 2.22 bits per heavy atom. The molecule has 0 radical (unpaired) electrons. The normalized spacial score (nSPS) is 14.8. The van der Waals surface area contributed by atoms with Gasteiger partial charge in [-0.3, -0.25) is 19.1 Å². The highest BCUT2D eigenvalue weighted by Gasteiger charge is 2.30. The number of aryl methyl sites for hydroxylation is 1. The van der Waals surface area contributed by atoms with Crippen LogP contribution in [0.25, 0.3) is 11.3 Å². The Morgan fingerprint density at radius 1 is 0.863 bits per heavy atom. The number of benzene rings is 3. The lowest BCUT2D eigenvalue weighted by atomic mass is 9.96. The van der Waals surface area contributed by atoms with Crippen molar-refractivity contribution in [2.45, 2.75) is 51.9 Å². The van der Waals surface area contributed by atoms with E-state index in [0.29, 0.717) is 30.1 Å². The first-order valence-corrected chi connectivity index (χ1v) is 17.9. The number of nitrogens with zero attached hydrogens (tertiary/aromatic N) is 4. The third-order valence-corrected chi connectivity index (χ3v) is 10.2. The molecule has 0 atom stereocenters. The molecule has 0 spiro atoms. The van der Waals surface area contributed by atoms with E-state index in [1.807, 2.05) is 59.3 Å². The third-order valence-electron chi connectivity index (χ3n) is 9.57. The van der Waals surface area contributed by atoms with Crippen molar-refractivity contribution in [3.8, 4) is 23.1 Å². The van der Waals surface area contributed by atoms with Crippen molar-refractivity contribution in [1.29, 1.82) is 0 Å². The molecule has 1 aromatic heterocycles. The Hall–Kier alpha value is -4.66. The van der Waals surface area contributed by atoms with Crippen molar-refractivity contribution in [2.24, 2.45) is 17.4 Å². The Kier molecular flexibility index (Phi) is 11.7. The molecule has 6 rings (SSSR count). The molecule has 4 aromatic rings. The highest BCUT2D eigenvalue weighted by Crippen LogP contribution is 2.32. The Balaban J connectivity index is 1.16. The van der Waals surface area contributed by atoms with Crippen LogP contribution in [0.15, 0.2) is 66.7 Å². The number of carbonyl (C=O) groups excluding carboxylic acids is 3. The van der Waals surface area contributed by atoms with Crippen LogP contribution in [0.1, 0.15) is 52.8 Å². The Morgan fingerprint density at radius 2 is 1.55 bits per heavy atom. The number of likely N-dealkylation sites (tertiary alicyclic amines) is 1. The highest BCUT2D eigenvalue weighted by atomic mass is 35.5. The summed E-state index contributed by atoms with van der Waals surface area (Å²) in [6.45, 7) is 5.35. The van der Waals surface area contributed by atoms with E-state index in [0.717, 1.165) is 90.7 Å². The quantitative estimate of drug-likeness (QED) is 0.163. The standard InChI is InChI=1S/C39H41Cl2N7O3/c40-32-11-7-28(8-12-32)24-44-23-27-4-2-26(3-5-27)6-9-30-22-31(10-13-34(30)41)36-33-25-47(39(51)38(43)50)21-16-35(33)48(45-36)18-1-17-46-19-14-29(15-20-46)37(42)49/h2-5,7-8,10-13,22,29,44H,1,14-21,23-25H2,(H2,42,49)(H2,43,50). The van der Waals surface area contributed by atoms with E-state index in [-0.39, 0.29) is 18.4 Å². The summed E-state index contributed by atoms with van der Waals surface area (Å²) in [7, 11) is 0. The summed E-state index contributed by atoms with van der Waals surface area (Å²) in [6.07, 6.45) is 3.00. The molecule has 0 bridgehead atoms. The minimum Gasteiger partial charge on any atom is -0.369 e. The van der Waals surface area contributed by atoms with Crippen molar-refractivity contribution in [2.75, 3.05) is 26.2 Å². The van der Waals surface area contributed by atoms with Crippen LogP contribution in [0, 0.1) is 17.8 Å². The first-order chi connectivity index (χ1) is 24.6. The Bertz CT molecular complexity index is 1960. The SMILES string of the molecule is NC(=O)C(=O)N1CCc2c(c(-c3ccc(Cl)c(C#Cc4ccc(CNCc5ccc(Cl)cc5)cc4)c3)nn2CCCN2CCC(C(N)=O)CC2)C1. The number of primary amides is 2. The molecule has 10 nitrogen and oxygen atoms in total. The maximum absolute atomic E-state index is 12.6. The van der Waals surface area contributed by atoms with Crippen LogP contribution < -0.4 is 16.8 Å². The molecule has 1 fully saturated rings. The maximum atomic E-state index is 12.6. The number of nitrogens with one attached hydrogen (secondary N) is 1. The predicted molar refractivity (Wildman–Crippen MR) is 198 cm³/mol. The molecule has 0 aliphatic carbocycles. The van der Waals surface area contributed by atoms with E-state index in [9.17, 15) is 14.4 Å². The predicted octanol–water partition coefficient (Wildman–Crippen LogP) is 4.50. The average molecular weight is 727 g/mol. The smallest absolute Gasteiger partial charge is 0.311 e. The highest BCUT2D eigenvalue weighted by molar-refractivity contribution is 6.34. The molecule has 3 heterocycles. The first kappa shape index (κ1) is 36.1. The summed E-state index contributed by atoms with van der Waals surface area (Å²) >= 11 is 12.6. The van der Waals surface area contributed by atoms with Crippen LogP contribution >= 0.6 is 23.2 Å². The minimum absolute atomic E-state index is 0.0400. The second kappa shape index (κ2) is 16.6. The minimum atomic E-state index is -0.973. The lowest BCUT2D eigenvalue weighted by Gasteiger charge is -2.30. The van der Waals surface area contributed by atoms with E-state index >= 15 is 0 Å². The van der Waals surface area contributed by atoms with Crippen LogP contribution in [-0.4, -0.2) is 63.5 Å². The summed E-state index contributed by atoms with van der Waals surface area (Å²) in [5.41, 5.74) is 18.2. The average Bonchev–Trinajstić information content (AvgIpc) is 3.50. The van der Waals surface area contributed by atoms with Gasteiger partial charge in [-0.1, -0.05) is 65.4 Å². The Labute approximate surface area is 308 Å². The molecule has 2 aliphatic heterocycles. The molecule has 51 heavy (non-hydrogen) atoms. The number of nitrogens with two attached hydrogens (primary N) is 2. The van der Waals surface area contributed by atoms with Gasteiger partial charge in [-0.25, -0.2) is 0 Å². The van der Waals surface area contributed by atoms with Crippen molar-refractivity contribution in [3.63, 3.8) is 0 Å². The lowest BCUT2D eigenvalue weighted by Crippen LogP contribution is -2.43. The number of halogens is 2. The van der Waals surface area contributed by atoms with E-state index in [1.165, 1.54) is 10.5 Å². The number of piperidine rings is 1. The van der Waals surface area contributed by atoms with Crippen LogP contribution in [0.3, 0.4) is 0 Å². The molecule has 2 aliphatic rings. The number of amides is 3. The molecule has 1 saturated heterocycles. The monoisotopic (exact) mass is 725 g/mol. The van der Waals surface area contributed by atoms with Gasteiger partial charge in [-0.2, -0.15) is 5.10 Å². The number of aromatic nitrogens is 2. The maximum Gasteiger partial charge on any atom is 0.311 e. The van der Waals surface area contributed by atoms with E-state index < -0.39 is 11.8 Å². The van der Waals surface area contributed by atoms with Crippen LogP contribution in [0.5, 0.6) is 0 Å². The van der Waals surface area contributed by atoms with E-state index in [1.54, 1.807) is 0 Å². The van der Waals surface area contributed by atoms with E-state index in [2.05, 4.69) is 34.2 Å². The van der Waals surface area contributed by atoms with Gasteiger partial charge in [0.15, 0.2) is 0 Å². The largest absolute Gasteiger partial charge is 0.369 e. The van der Waals surface area contributed by atoms with Gasteiger partial charge < -0.3 is 26.6 Å². The molecule has 3 amide bonds. The lowest BCUT2D eigenvalue weighted by molar-refractivity contribution is -0.144. The fourth-order valence-electron chi connectivity index (χ4n) is 6.69. The number of hydrogen-bond donors (Lipinski definition) is 3. The van der Waals surface area contributed by atoms with Gasteiger partial charge in [0, 0.05) is 71.5 Å². The number of hydrogen-bond acceptors (Lipinski definition) is 6. The van der Waals surface area contributed by atoms with Gasteiger partial charge in [0.05, 0.1) is 17.3 Å². The summed E-state index contributed by atoms with van der Waals surface area (Å²) in [6, 6.07) is 21.5. The summed E-state index contributed by atoms with van der Waals surface area (Å²) in [5.74, 6) is 4.54. The molecule has 12 heteroatoms. The van der Waals surface area contributed by atoms with Crippen molar-refractivity contribution < 1.29 is 14.4 Å². The van der Waals surface area contributed by atoms with Gasteiger partial charge in [-0.05, 0) is 86.4 Å². The zero-order valence-electron chi connectivity index (χ0n) is 28.3. The molecule has 0 saturated carbocycles. The van der Waals surface area contributed by atoms with Gasteiger partial charge >= 0.3 is 11.8 Å². The first-order valence-electron chi connectivity index (χ1n) is 17.2. The molecule has 0 unspecified atom stereocenters. The molecule has 5 N–H and O–H groups in total. The van der Waals surface area contributed by atoms with Gasteiger partial charge in [0.25, 0.3) is 0 Å². The van der Waals surface area contributed by atoms with Crippen molar-refractivity contribution in [3.05, 3.63) is 110 Å². The number of fused-ring (bicyclic) bond motifs is 1. The summed E-state index contributed by atoms with van der Waals surface area (Å²) < 4.78 is 2.03. The van der Waals surface area contributed by atoms with Crippen molar-refractivity contribution >= 4 is 40.9 Å². The fourth-order valence-corrected chi connectivity index (χ4v) is 6.98. The number of rotatable bonds is 10. The summed E-state index contributed by atoms with van der Waals surface area (Å²) in [5, 5.41) is 9.74. The fraction of sp³-hybridized carbons (Fsp3) is 0.333.